The monoisotopic (exact) mass is 255 g/mol. The van der Waals surface area contributed by atoms with E-state index < -0.39 is 5.83 Å². The van der Waals surface area contributed by atoms with Gasteiger partial charge in [-0.3, -0.25) is 0 Å². The van der Waals surface area contributed by atoms with Crippen molar-refractivity contribution in [3.8, 4) is 11.8 Å². The third kappa shape index (κ3) is 2.57. The van der Waals surface area contributed by atoms with Gasteiger partial charge >= 0.3 is 0 Å². The Morgan fingerprint density at radius 1 is 1.64 bits per heavy atom. The Kier molecular flexibility index (Phi) is 3.66. The second-order valence-corrected chi connectivity index (χ2v) is 3.35. The molecule has 1 aromatic rings. The molecule has 0 N–H and O–H groups in total. The van der Waals surface area contributed by atoms with Crippen LogP contribution in [0.5, 0.6) is 5.75 Å². The maximum absolute atomic E-state index is 12.6. The normalized spacial score (nSPS) is 10.9. The van der Waals surface area contributed by atoms with E-state index in [2.05, 4.69) is 15.9 Å². The Bertz CT molecular complexity index is 409. The molecule has 14 heavy (non-hydrogen) atoms. The highest BCUT2D eigenvalue weighted by Crippen LogP contribution is 2.26. The highest BCUT2D eigenvalue weighted by Gasteiger charge is 2.00. The zero-order valence-electron chi connectivity index (χ0n) is 7.42. The van der Waals surface area contributed by atoms with Crippen LogP contribution in [-0.2, 0) is 0 Å². The zero-order valence-corrected chi connectivity index (χ0v) is 9.01. The van der Waals surface area contributed by atoms with Crippen LogP contribution in [0.3, 0.4) is 0 Å². The second kappa shape index (κ2) is 4.77. The van der Waals surface area contributed by atoms with Crippen LogP contribution in [-0.4, -0.2) is 7.11 Å². The van der Waals surface area contributed by atoms with Crippen molar-refractivity contribution in [1.29, 1.82) is 5.26 Å². The molecule has 1 aromatic carbocycles. The number of hydrogen-bond donors (Lipinski definition) is 0. The predicted molar refractivity (Wildman–Crippen MR) is 55.4 cm³/mol. The van der Waals surface area contributed by atoms with E-state index in [1.807, 2.05) is 0 Å². The average molecular weight is 256 g/mol. The van der Waals surface area contributed by atoms with E-state index in [4.69, 9.17) is 10.00 Å². The van der Waals surface area contributed by atoms with Crippen molar-refractivity contribution < 1.29 is 9.13 Å². The number of benzene rings is 1. The summed E-state index contributed by atoms with van der Waals surface area (Å²) in [5, 5.41) is 8.24. The molecule has 0 aliphatic heterocycles. The lowest BCUT2D eigenvalue weighted by molar-refractivity contribution is 0.412. The number of allylic oxidation sites excluding steroid dienone is 1. The molecule has 0 spiro atoms. The van der Waals surface area contributed by atoms with Gasteiger partial charge in [-0.1, -0.05) is 6.07 Å². The first kappa shape index (κ1) is 10.7. The van der Waals surface area contributed by atoms with Crippen LogP contribution in [0.1, 0.15) is 5.56 Å². The minimum Gasteiger partial charge on any atom is -0.496 e. The molecule has 0 atom stereocenters. The van der Waals surface area contributed by atoms with Crippen molar-refractivity contribution in [2.24, 2.45) is 0 Å². The Morgan fingerprint density at radius 3 is 2.86 bits per heavy atom. The fraction of sp³-hybridized carbons (Fsp3) is 0.100. The number of halogens is 2. The van der Waals surface area contributed by atoms with Gasteiger partial charge in [0.1, 0.15) is 11.8 Å². The van der Waals surface area contributed by atoms with E-state index >= 15 is 0 Å². The highest BCUT2D eigenvalue weighted by molar-refractivity contribution is 9.10. The summed E-state index contributed by atoms with van der Waals surface area (Å²) in [6.07, 6.45) is 1.16. The molecule has 0 aromatic heterocycles. The van der Waals surface area contributed by atoms with Crippen LogP contribution >= 0.6 is 15.9 Å². The molecule has 2 nitrogen and oxygen atoms in total. The highest BCUT2D eigenvalue weighted by atomic mass is 79.9. The molecule has 4 heteroatoms. The molecule has 0 radical (unpaired) electrons. The molecule has 0 fully saturated rings. The number of nitriles is 1. The molecular weight excluding hydrogens is 249 g/mol. The minimum absolute atomic E-state index is 0.608. The second-order valence-electron chi connectivity index (χ2n) is 2.50. The molecule has 0 unspecified atom stereocenters. The van der Waals surface area contributed by atoms with Gasteiger partial charge in [-0.25, -0.2) is 0 Å². The van der Waals surface area contributed by atoms with Crippen molar-refractivity contribution in [3.05, 3.63) is 34.1 Å². The van der Waals surface area contributed by atoms with Gasteiger partial charge in [0.2, 0.25) is 5.83 Å². The fourth-order valence-electron chi connectivity index (χ4n) is 0.951. The first-order valence-electron chi connectivity index (χ1n) is 3.78. The number of ether oxygens (including phenoxy) is 1. The Morgan fingerprint density at radius 2 is 2.36 bits per heavy atom. The lowest BCUT2D eigenvalue weighted by Crippen LogP contribution is -1.84. The van der Waals surface area contributed by atoms with Gasteiger partial charge in [0.25, 0.3) is 0 Å². The van der Waals surface area contributed by atoms with Crippen LogP contribution in [0.15, 0.2) is 28.5 Å². The molecule has 0 aliphatic carbocycles. The van der Waals surface area contributed by atoms with Crippen molar-refractivity contribution in [2.45, 2.75) is 0 Å². The van der Waals surface area contributed by atoms with E-state index in [1.165, 1.54) is 6.07 Å². The molecule has 0 saturated heterocycles. The van der Waals surface area contributed by atoms with Gasteiger partial charge < -0.3 is 4.74 Å². The molecule has 72 valence electrons. The van der Waals surface area contributed by atoms with Crippen LogP contribution < -0.4 is 4.74 Å². The lowest BCUT2D eigenvalue weighted by atomic mass is 10.2. The van der Waals surface area contributed by atoms with Crippen molar-refractivity contribution >= 4 is 22.0 Å². The summed E-state index contributed by atoms with van der Waals surface area (Å²) < 4.78 is 18.3. The van der Waals surface area contributed by atoms with Gasteiger partial charge in [-0.15, -0.1) is 0 Å². The van der Waals surface area contributed by atoms with Crippen molar-refractivity contribution in [2.75, 3.05) is 7.11 Å². The molecule has 0 bridgehead atoms. The van der Waals surface area contributed by atoms with Crippen LogP contribution in [0.25, 0.3) is 6.08 Å². The molecule has 0 heterocycles. The average Bonchev–Trinajstić information content (AvgIpc) is 2.18. The van der Waals surface area contributed by atoms with E-state index in [9.17, 15) is 4.39 Å². The van der Waals surface area contributed by atoms with E-state index in [0.29, 0.717) is 11.3 Å². The summed E-state index contributed by atoms with van der Waals surface area (Å²) in [6, 6.07) is 6.45. The SMILES string of the molecule is COc1ccc(/C=C(\F)C#N)cc1Br. The van der Waals surface area contributed by atoms with Gasteiger partial charge in [-0.05, 0) is 39.7 Å². The van der Waals surface area contributed by atoms with Crippen molar-refractivity contribution in [1.82, 2.24) is 0 Å². The fourth-order valence-corrected chi connectivity index (χ4v) is 1.51. The van der Waals surface area contributed by atoms with Crippen LogP contribution in [0, 0.1) is 11.3 Å². The predicted octanol–water partition coefficient (Wildman–Crippen LogP) is 3.29. The standard InChI is InChI=1S/C10H7BrFNO/c1-14-10-3-2-7(5-9(10)11)4-8(12)6-13/h2-5H,1H3/b8-4-. The summed E-state index contributed by atoms with van der Waals surface area (Å²) in [6.45, 7) is 0. The van der Waals surface area contributed by atoms with Gasteiger partial charge in [0.15, 0.2) is 0 Å². The van der Waals surface area contributed by atoms with Gasteiger partial charge in [0.05, 0.1) is 11.6 Å². The smallest absolute Gasteiger partial charge is 0.200 e. The Hall–Kier alpha value is -1.34. The first-order chi connectivity index (χ1) is 6.67. The summed E-state index contributed by atoms with van der Waals surface area (Å²) in [7, 11) is 1.55. The van der Waals surface area contributed by atoms with E-state index in [1.54, 1.807) is 25.3 Å². The quantitative estimate of drug-likeness (QED) is 0.760. The number of rotatable bonds is 2. The van der Waals surface area contributed by atoms with Gasteiger partial charge in [-0.2, -0.15) is 9.65 Å². The molecule has 0 amide bonds. The Labute approximate surface area is 89.7 Å². The van der Waals surface area contributed by atoms with E-state index in [0.717, 1.165) is 10.5 Å². The summed E-state index contributed by atoms with van der Waals surface area (Å²) in [4.78, 5) is 0. The summed E-state index contributed by atoms with van der Waals surface area (Å²) >= 11 is 3.26. The summed E-state index contributed by atoms with van der Waals surface area (Å²) in [5.74, 6) is -0.151. The van der Waals surface area contributed by atoms with Gasteiger partial charge in [0, 0.05) is 0 Å². The maximum Gasteiger partial charge on any atom is 0.200 e. The Balaban J connectivity index is 3.05. The zero-order chi connectivity index (χ0) is 10.6. The maximum atomic E-state index is 12.6. The third-order valence-electron chi connectivity index (χ3n) is 1.58. The largest absolute Gasteiger partial charge is 0.496 e. The summed E-state index contributed by atoms with van der Waals surface area (Å²) in [5.41, 5.74) is 0.608. The minimum atomic E-state index is -0.818. The number of nitrogens with zero attached hydrogens (tertiary/aromatic N) is 1. The topological polar surface area (TPSA) is 33.0 Å². The number of methoxy groups -OCH3 is 1. The van der Waals surface area contributed by atoms with Crippen molar-refractivity contribution in [3.63, 3.8) is 0 Å². The molecule has 0 saturated carbocycles. The van der Waals surface area contributed by atoms with E-state index in [-0.39, 0.29) is 0 Å². The number of hydrogen-bond acceptors (Lipinski definition) is 2. The third-order valence-corrected chi connectivity index (χ3v) is 2.20. The molecule has 0 aliphatic rings. The van der Waals surface area contributed by atoms with Crippen LogP contribution in [0.4, 0.5) is 4.39 Å². The van der Waals surface area contributed by atoms with Crippen LogP contribution in [0.2, 0.25) is 0 Å². The lowest BCUT2D eigenvalue weighted by Gasteiger charge is -2.02. The molecular formula is C10H7BrFNO. The first-order valence-corrected chi connectivity index (χ1v) is 4.57. The molecule has 1 rings (SSSR count).